The first-order valence-corrected chi connectivity index (χ1v) is 12.5. The number of hydrogen-bond donors (Lipinski definition) is 1. The van der Waals surface area contributed by atoms with Gasteiger partial charge in [-0.2, -0.15) is 0 Å². The molecule has 174 valence electrons. The molecule has 0 fully saturated rings. The second-order valence-corrected chi connectivity index (χ2v) is 10.4. The summed E-state index contributed by atoms with van der Waals surface area (Å²) in [7, 11) is -3.75. The normalized spacial score (nSPS) is 12.3. The molecule has 0 spiro atoms. The summed E-state index contributed by atoms with van der Waals surface area (Å²) >= 11 is 6.29. The van der Waals surface area contributed by atoms with Gasteiger partial charge in [0.15, 0.2) is 0 Å². The minimum Gasteiger partial charge on any atom is -0.352 e. The fourth-order valence-corrected chi connectivity index (χ4v) is 4.23. The number of anilines is 1. The maximum absolute atomic E-state index is 13.4. The molecule has 0 heterocycles. The number of hydrogen-bond acceptors (Lipinski definition) is 4. The highest BCUT2D eigenvalue weighted by Crippen LogP contribution is 2.22. The molecule has 9 heteroatoms. The molecule has 0 bridgehead atoms. The molecule has 1 N–H and O–H groups in total. The van der Waals surface area contributed by atoms with Crippen molar-refractivity contribution in [2.24, 2.45) is 0 Å². The molecule has 0 saturated heterocycles. The number of amides is 2. The second kappa shape index (κ2) is 10.8. The van der Waals surface area contributed by atoms with E-state index in [1.165, 1.54) is 4.90 Å². The number of rotatable bonds is 9. The number of carbonyl (C=O) groups excluding carboxylic acids is 2. The van der Waals surface area contributed by atoms with Crippen LogP contribution in [0.2, 0.25) is 5.02 Å². The summed E-state index contributed by atoms with van der Waals surface area (Å²) in [6, 6.07) is 13.0. The summed E-state index contributed by atoms with van der Waals surface area (Å²) in [5.74, 6) is -0.842. The lowest BCUT2D eigenvalue weighted by Gasteiger charge is -2.32. The van der Waals surface area contributed by atoms with E-state index < -0.39 is 28.5 Å². The number of sulfonamides is 1. The molecule has 1 atom stereocenters. The number of aryl methyl sites for hydroxylation is 1. The monoisotopic (exact) mass is 479 g/mol. The highest BCUT2D eigenvalue weighted by atomic mass is 35.5. The van der Waals surface area contributed by atoms with Gasteiger partial charge in [0.2, 0.25) is 21.8 Å². The van der Waals surface area contributed by atoms with E-state index in [0.717, 1.165) is 16.1 Å². The molecule has 0 aliphatic carbocycles. The van der Waals surface area contributed by atoms with E-state index in [1.54, 1.807) is 49.4 Å². The van der Waals surface area contributed by atoms with Crippen molar-refractivity contribution in [1.29, 1.82) is 0 Å². The molecule has 0 saturated carbocycles. The van der Waals surface area contributed by atoms with E-state index in [2.05, 4.69) is 5.32 Å². The van der Waals surface area contributed by atoms with Gasteiger partial charge in [-0.25, -0.2) is 8.42 Å². The first-order valence-electron chi connectivity index (χ1n) is 10.3. The summed E-state index contributed by atoms with van der Waals surface area (Å²) in [5.41, 5.74) is 1.91. The van der Waals surface area contributed by atoms with Crippen molar-refractivity contribution in [3.8, 4) is 0 Å². The first kappa shape index (κ1) is 25.7. The van der Waals surface area contributed by atoms with Crippen LogP contribution in [0.1, 0.15) is 31.9 Å². The summed E-state index contributed by atoms with van der Waals surface area (Å²) in [6.07, 6.45) is 1.05. The Labute approximate surface area is 195 Å². The molecule has 2 aromatic carbocycles. The minimum atomic E-state index is -3.75. The van der Waals surface area contributed by atoms with Gasteiger partial charge in [0.25, 0.3) is 0 Å². The van der Waals surface area contributed by atoms with Crippen LogP contribution in [0.15, 0.2) is 48.5 Å². The van der Waals surface area contributed by atoms with Gasteiger partial charge in [-0.1, -0.05) is 41.9 Å². The van der Waals surface area contributed by atoms with Crippen LogP contribution in [-0.2, 0) is 26.2 Å². The van der Waals surface area contributed by atoms with Gasteiger partial charge in [-0.05, 0) is 57.0 Å². The van der Waals surface area contributed by atoms with E-state index >= 15 is 0 Å². The van der Waals surface area contributed by atoms with Crippen LogP contribution in [0.25, 0.3) is 0 Å². The third-order valence-electron chi connectivity index (χ3n) is 4.87. The Morgan fingerprint density at radius 3 is 2.28 bits per heavy atom. The van der Waals surface area contributed by atoms with Crippen LogP contribution >= 0.6 is 11.6 Å². The van der Waals surface area contributed by atoms with Crippen molar-refractivity contribution in [3.63, 3.8) is 0 Å². The molecule has 32 heavy (non-hydrogen) atoms. The van der Waals surface area contributed by atoms with Crippen molar-refractivity contribution in [1.82, 2.24) is 10.2 Å². The number of carbonyl (C=O) groups is 2. The fraction of sp³-hybridized carbons (Fsp3) is 0.391. The van der Waals surface area contributed by atoms with Crippen molar-refractivity contribution in [2.45, 2.75) is 46.3 Å². The van der Waals surface area contributed by atoms with E-state index in [-0.39, 0.29) is 18.5 Å². The van der Waals surface area contributed by atoms with Gasteiger partial charge in [0.05, 0.1) is 11.9 Å². The van der Waals surface area contributed by atoms with Gasteiger partial charge in [0, 0.05) is 17.6 Å². The Morgan fingerprint density at radius 1 is 1.06 bits per heavy atom. The zero-order chi connectivity index (χ0) is 24.1. The van der Waals surface area contributed by atoms with Crippen molar-refractivity contribution in [2.75, 3.05) is 17.1 Å². The summed E-state index contributed by atoms with van der Waals surface area (Å²) in [6.45, 7) is 6.74. The van der Waals surface area contributed by atoms with Gasteiger partial charge < -0.3 is 10.2 Å². The second-order valence-electron chi connectivity index (χ2n) is 8.06. The average molecular weight is 480 g/mol. The number of nitrogens with one attached hydrogen (secondary N) is 1. The summed E-state index contributed by atoms with van der Waals surface area (Å²) in [4.78, 5) is 27.5. The van der Waals surface area contributed by atoms with Crippen molar-refractivity contribution >= 4 is 39.1 Å². The molecule has 0 aliphatic rings. The van der Waals surface area contributed by atoms with Gasteiger partial charge >= 0.3 is 0 Å². The Bertz CT molecular complexity index is 1070. The Balaban J connectivity index is 2.40. The summed E-state index contributed by atoms with van der Waals surface area (Å²) < 4.78 is 26.1. The molecule has 2 rings (SSSR count). The topological polar surface area (TPSA) is 86.8 Å². The molecule has 0 aliphatic heterocycles. The van der Waals surface area contributed by atoms with Gasteiger partial charge in [0.1, 0.15) is 12.6 Å². The van der Waals surface area contributed by atoms with Crippen LogP contribution < -0.4 is 9.62 Å². The smallest absolute Gasteiger partial charge is 0.244 e. The zero-order valence-electron chi connectivity index (χ0n) is 19.0. The van der Waals surface area contributed by atoms with Gasteiger partial charge in [-0.15, -0.1) is 0 Å². The van der Waals surface area contributed by atoms with Crippen molar-refractivity contribution in [3.05, 3.63) is 64.7 Å². The Kier molecular flexibility index (Phi) is 8.69. The van der Waals surface area contributed by atoms with E-state index in [0.29, 0.717) is 16.3 Å². The Morgan fingerprint density at radius 2 is 1.72 bits per heavy atom. The predicted octanol–water partition coefficient (Wildman–Crippen LogP) is 3.36. The van der Waals surface area contributed by atoms with Gasteiger partial charge in [-0.3, -0.25) is 13.9 Å². The number of halogens is 1. The lowest BCUT2D eigenvalue weighted by molar-refractivity contribution is -0.139. The van der Waals surface area contributed by atoms with E-state index in [1.807, 2.05) is 26.8 Å². The van der Waals surface area contributed by atoms with Crippen LogP contribution in [0.4, 0.5) is 5.69 Å². The molecule has 2 aromatic rings. The lowest BCUT2D eigenvalue weighted by Crippen LogP contribution is -2.52. The largest absolute Gasteiger partial charge is 0.352 e. The average Bonchev–Trinajstić information content (AvgIpc) is 2.69. The molecule has 7 nitrogen and oxygen atoms in total. The van der Waals surface area contributed by atoms with Crippen LogP contribution in [-0.4, -0.2) is 50.0 Å². The number of nitrogens with zero attached hydrogens (tertiary/aromatic N) is 2. The third kappa shape index (κ3) is 6.97. The minimum absolute atomic E-state index is 0.0661. The number of benzene rings is 2. The maximum Gasteiger partial charge on any atom is 0.244 e. The highest BCUT2D eigenvalue weighted by molar-refractivity contribution is 7.92. The lowest BCUT2D eigenvalue weighted by atomic mass is 10.1. The first-order chi connectivity index (χ1) is 14.9. The molecular formula is C23H30ClN3O4S. The zero-order valence-corrected chi connectivity index (χ0v) is 20.6. The Hall–Kier alpha value is -2.58. The molecular weight excluding hydrogens is 450 g/mol. The van der Waals surface area contributed by atoms with Crippen LogP contribution in [0.3, 0.4) is 0 Å². The van der Waals surface area contributed by atoms with E-state index in [4.69, 9.17) is 11.6 Å². The SMILES string of the molecule is Cc1cccc(N(CC(=O)N(Cc2ccccc2Cl)C(C)C(=O)NC(C)C)S(C)(=O)=O)c1. The predicted molar refractivity (Wildman–Crippen MR) is 128 cm³/mol. The highest BCUT2D eigenvalue weighted by Gasteiger charge is 2.30. The molecule has 2 amide bonds. The van der Waals surface area contributed by atoms with Crippen LogP contribution in [0, 0.1) is 6.92 Å². The molecule has 0 aromatic heterocycles. The van der Waals surface area contributed by atoms with Crippen molar-refractivity contribution < 1.29 is 18.0 Å². The molecule has 0 radical (unpaired) electrons. The maximum atomic E-state index is 13.4. The fourth-order valence-electron chi connectivity index (χ4n) is 3.19. The summed E-state index contributed by atoms with van der Waals surface area (Å²) in [5, 5.41) is 3.26. The third-order valence-corrected chi connectivity index (χ3v) is 6.37. The van der Waals surface area contributed by atoms with Crippen LogP contribution in [0.5, 0.6) is 0 Å². The quantitative estimate of drug-likeness (QED) is 0.597. The molecule has 1 unspecified atom stereocenters. The van der Waals surface area contributed by atoms with E-state index in [9.17, 15) is 18.0 Å². The standard InChI is InChI=1S/C23H30ClN3O4S/c1-16(2)25-23(29)18(4)26(14-19-10-6-7-12-21(19)24)22(28)15-27(32(5,30)31)20-11-8-9-17(3)13-20/h6-13,16,18H,14-15H2,1-5H3,(H,25,29).